The van der Waals surface area contributed by atoms with Gasteiger partial charge in [0.05, 0.1) is 6.42 Å². The zero-order valence-electron chi connectivity index (χ0n) is 13.5. The van der Waals surface area contributed by atoms with Gasteiger partial charge in [0.2, 0.25) is 5.91 Å². The summed E-state index contributed by atoms with van der Waals surface area (Å²) in [5, 5.41) is 2.94. The van der Waals surface area contributed by atoms with Gasteiger partial charge >= 0.3 is 0 Å². The molecule has 0 bridgehead atoms. The van der Waals surface area contributed by atoms with Crippen molar-refractivity contribution < 1.29 is 4.79 Å². The number of likely N-dealkylation sites (tertiary alicyclic amines) is 1. The molecule has 0 saturated carbocycles. The summed E-state index contributed by atoms with van der Waals surface area (Å²) in [5.41, 5.74) is 3.17. The van der Waals surface area contributed by atoms with Crippen LogP contribution in [0.4, 0.5) is 0 Å². The van der Waals surface area contributed by atoms with Crippen LogP contribution in [0.3, 0.4) is 0 Å². The number of pyridine rings is 1. The minimum atomic E-state index is 0.00656. The number of amides is 1. The molecule has 1 aliphatic rings. The Labute approximate surface area is 137 Å². The van der Waals surface area contributed by atoms with E-state index in [2.05, 4.69) is 28.3 Å². The molecule has 1 atom stereocenters. The molecule has 1 unspecified atom stereocenters. The number of hydrogen-bond donors (Lipinski definition) is 1. The SMILES string of the molecule is CN1CCCC1c1ccc(CC(=O)NCc2ccccc2)nc1. The van der Waals surface area contributed by atoms with Gasteiger partial charge < -0.3 is 5.32 Å². The van der Waals surface area contributed by atoms with Gasteiger partial charge in [-0.1, -0.05) is 36.4 Å². The first-order chi connectivity index (χ1) is 11.2. The third-order valence-corrected chi connectivity index (χ3v) is 4.43. The largest absolute Gasteiger partial charge is 0.352 e. The Kier molecular flexibility index (Phi) is 5.03. The summed E-state index contributed by atoms with van der Waals surface area (Å²) in [7, 11) is 2.16. The maximum Gasteiger partial charge on any atom is 0.226 e. The van der Waals surface area contributed by atoms with Crippen molar-refractivity contribution in [3.8, 4) is 0 Å². The quantitative estimate of drug-likeness (QED) is 0.923. The van der Waals surface area contributed by atoms with E-state index in [4.69, 9.17) is 0 Å². The van der Waals surface area contributed by atoms with Crippen LogP contribution in [0.15, 0.2) is 48.7 Å². The van der Waals surface area contributed by atoms with E-state index in [9.17, 15) is 4.79 Å². The fourth-order valence-corrected chi connectivity index (χ4v) is 3.09. The Bertz CT molecular complexity index is 639. The van der Waals surface area contributed by atoms with E-state index in [0.29, 0.717) is 19.0 Å². The maximum atomic E-state index is 12.0. The van der Waals surface area contributed by atoms with Gasteiger partial charge in [-0.3, -0.25) is 14.7 Å². The summed E-state index contributed by atoms with van der Waals surface area (Å²) in [6, 6.07) is 14.5. The standard InChI is InChI=1S/C19H23N3O/c1-22-11-5-8-18(22)16-9-10-17(20-14-16)12-19(23)21-13-15-6-3-2-4-7-15/h2-4,6-7,9-10,14,18H,5,8,11-13H2,1H3,(H,21,23). The van der Waals surface area contributed by atoms with Crippen LogP contribution in [0.2, 0.25) is 0 Å². The van der Waals surface area contributed by atoms with Crippen LogP contribution in [-0.2, 0) is 17.8 Å². The molecular formula is C19H23N3O. The summed E-state index contributed by atoms with van der Waals surface area (Å²) in [6.07, 6.45) is 4.68. The molecule has 1 N–H and O–H groups in total. The third kappa shape index (κ3) is 4.17. The molecule has 1 fully saturated rings. The smallest absolute Gasteiger partial charge is 0.226 e. The normalized spacial score (nSPS) is 18.0. The highest BCUT2D eigenvalue weighted by atomic mass is 16.1. The Morgan fingerprint density at radius 2 is 2.09 bits per heavy atom. The van der Waals surface area contributed by atoms with E-state index in [0.717, 1.165) is 17.8 Å². The second kappa shape index (κ2) is 7.38. The lowest BCUT2D eigenvalue weighted by molar-refractivity contribution is -0.120. The minimum absolute atomic E-state index is 0.00656. The van der Waals surface area contributed by atoms with Crippen LogP contribution in [0, 0.1) is 0 Å². The van der Waals surface area contributed by atoms with Gasteiger partial charge in [0, 0.05) is 24.5 Å². The van der Waals surface area contributed by atoms with Crippen molar-refractivity contribution >= 4 is 5.91 Å². The monoisotopic (exact) mass is 309 g/mol. The molecule has 3 rings (SSSR count). The molecule has 1 aromatic carbocycles. The van der Waals surface area contributed by atoms with Crippen LogP contribution in [0.1, 0.15) is 35.7 Å². The molecule has 0 aliphatic carbocycles. The summed E-state index contributed by atoms with van der Waals surface area (Å²) in [6.45, 7) is 1.71. The van der Waals surface area contributed by atoms with Crippen LogP contribution >= 0.6 is 0 Å². The predicted octanol–water partition coefficient (Wildman–Crippen LogP) is 2.71. The Morgan fingerprint density at radius 1 is 1.26 bits per heavy atom. The molecule has 23 heavy (non-hydrogen) atoms. The van der Waals surface area contributed by atoms with E-state index >= 15 is 0 Å². The summed E-state index contributed by atoms with van der Waals surface area (Å²) in [4.78, 5) is 18.8. The first-order valence-corrected chi connectivity index (χ1v) is 8.18. The second-order valence-electron chi connectivity index (χ2n) is 6.16. The molecule has 4 heteroatoms. The highest BCUT2D eigenvalue weighted by Gasteiger charge is 2.22. The molecule has 0 spiro atoms. The molecule has 0 radical (unpaired) electrons. The Hall–Kier alpha value is -2.20. The molecule has 2 heterocycles. The number of nitrogens with zero attached hydrogens (tertiary/aromatic N) is 2. The highest BCUT2D eigenvalue weighted by Crippen LogP contribution is 2.29. The van der Waals surface area contributed by atoms with Gasteiger partial charge in [0.1, 0.15) is 0 Å². The summed E-state index contributed by atoms with van der Waals surface area (Å²) >= 11 is 0. The number of rotatable bonds is 5. The lowest BCUT2D eigenvalue weighted by Gasteiger charge is -2.19. The number of benzene rings is 1. The lowest BCUT2D eigenvalue weighted by Crippen LogP contribution is -2.25. The number of nitrogens with one attached hydrogen (secondary N) is 1. The van der Waals surface area contributed by atoms with E-state index < -0.39 is 0 Å². The summed E-state index contributed by atoms with van der Waals surface area (Å²) in [5.74, 6) is 0.00656. The minimum Gasteiger partial charge on any atom is -0.352 e. The number of aromatic nitrogens is 1. The maximum absolute atomic E-state index is 12.0. The average Bonchev–Trinajstić information content (AvgIpc) is 3.01. The molecule has 120 valence electrons. The Balaban J connectivity index is 1.52. The molecular weight excluding hydrogens is 286 g/mol. The van der Waals surface area contributed by atoms with Gasteiger partial charge in [-0.05, 0) is 43.6 Å². The molecule has 1 aromatic heterocycles. The zero-order valence-corrected chi connectivity index (χ0v) is 13.5. The van der Waals surface area contributed by atoms with Crippen LogP contribution in [0.25, 0.3) is 0 Å². The van der Waals surface area contributed by atoms with Crippen LogP contribution in [0.5, 0.6) is 0 Å². The number of hydrogen-bond acceptors (Lipinski definition) is 3. The van der Waals surface area contributed by atoms with Gasteiger partial charge in [-0.2, -0.15) is 0 Å². The fourth-order valence-electron chi connectivity index (χ4n) is 3.09. The van der Waals surface area contributed by atoms with E-state index in [1.54, 1.807) is 0 Å². The van der Waals surface area contributed by atoms with Crippen LogP contribution < -0.4 is 5.32 Å². The molecule has 2 aromatic rings. The number of carbonyl (C=O) groups is 1. The molecule has 4 nitrogen and oxygen atoms in total. The zero-order chi connectivity index (χ0) is 16.1. The van der Waals surface area contributed by atoms with E-state index in [1.165, 1.54) is 18.4 Å². The third-order valence-electron chi connectivity index (χ3n) is 4.43. The first-order valence-electron chi connectivity index (χ1n) is 8.18. The summed E-state index contributed by atoms with van der Waals surface area (Å²) < 4.78 is 0. The van der Waals surface area contributed by atoms with Gasteiger partial charge in [0.15, 0.2) is 0 Å². The average molecular weight is 309 g/mol. The predicted molar refractivity (Wildman–Crippen MR) is 90.8 cm³/mol. The van der Waals surface area contributed by atoms with Gasteiger partial charge in [0.25, 0.3) is 0 Å². The number of carbonyl (C=O) groups excluding carboxylic acids is 1. The van der Waals surface area contributed by atoms with Crippen molar-refractivity contribution in [3.63, 3.8) is 0 Å². The fraction of sp³-hybridized carbons (Fsp3) is 0.368. The van der Waals surface area contributed by atoms with E-state index in [1.807, 2.05) is 42.6 Å². The van der Waals surface area contributed by atoms with Crippen molar-refractivity contribution in [2.24, 2.45) is 0 Å². The van der Waals surface area contributed by atoms with Crippen molar-refractivity contribution in [1.29, 1.82) is 0 Å². The van der Waals surface area contributed by atoms with E-state index in [-0.39, 0.29) is 5.91 Å². The van der Waals surface area contributed by atoms with Gasteiger partial charge in [-0.15, -0.1) is 0 Å². The van der Waals surface area contributed by atoms with Gasteiger partial charge in [-0.25, -0.2) is 0 Å². The lowest BCUT2D eigenvalue weighted by atomic mass is 10.1. The van der Waals surface area contributed by atoms with Crippen molar-refractivity contribution in [3.05, 3.63) is 65.5 Å². The Morgan fingerprint density at radius 3 is 2.74 bits per heavy atom. The topological polar surface area (TPSA) is 45.2 Å². The first kappa shape index (κ1) is 15.7. The second-order valence-corrected chi connectivity index (χ2v) is 6.16. The molecule has 1 saturated heterocycles. The van der Waals surface area contributed by atoms with Crippen molar-refractivity contribution in [2.45, 2.75) is 31.8 Å². The highest BCUT2D eigenvalue weighted by molar-refractivity contribution is 5.78. The van der Waals surface area contributed by atoms with Crippen molar-refractivity contribution in [1.82, 2.24) is 15.2 Å². The van der Waals surface area contributed by atoms with Crippen LogP contribution in [-0.4, -0.2) is 29.4 Å². The van der Waals surface area contributed by atoms with Crippen molar-refractivity contribution in [2.75, 3.05) is 13.6 Å². The molecule has 1 aliphatic heterocycles. The molecule has 1 amide bonds.